The Labute approximate surface area is 69.6 Å². The Bertz CT molecular complexity index is 257. The molecule has 0 saturated heterocycles. The lowest BCUT2D eigenvalue weighted by atomic mass is 10.2. The first kappa shape index (κ1) is 8.61. The first-order chi connectivity index (χ1) is 5.61. The molecule has 5 nitrogen and oxygen atoms in total. The third-order valence-corrected chi connectivity index (χ3v) is 1.50. The first-order valence-corrected chi connectivity index (χ1v) is 3.45. The summed E-state index contributed by atoms with van der Waals surface area (Å²) in [5.41, 5.74) is 0.686. The van der Waals surface area contributed by atoms with Crippen LogP contribution in [0.25, 0.3) is 0 Å². The van der Waals surface area contributed by atoms with E-state index in [-0.39, 0.29) is 5.82 Å². The normalized spacial score (nSPS) is 16.7. The average molecular weight is 170 g/mol. The van der Waals surface area contributed by atoms with Crippen LogP contribution in [0.3, 0.4) is 0 Å². The summed E-state index contributed by atoms with van der Waals surface area (Å²) in [7, 11) is 0. The van der Waals surface area contributed by atoms with Gasteiger partial charge in [-0.05, 0) is 12.5 Å². The molecule has 3 N–H and O–H groups in total. The summed E-state index contributed by atoms with van der Waals surface area (Å²) in [6.45, 7) is 2.01. The lowest BCUT2D eigenvalue weighted by Crippen LogP contribution is -2.34. The second kappa shape index (κ2) is 3.27. The van der Waals surface area contributed by atoms with Crippen LogP contribution in [0.15, 0.2) is 23.5 Å². The van der Waals surface area contributed by atoms with Crippen LogP contribution >= 0.6 is 0 Å². The first-order valence-electron chi connectivity index (χ1n) is 3.45. The lowest BCUT2D eigenvalue weighted by molar-refractivity contribution is -0.0525. The van der Waals surface area contributed by atoms with E-state index in [0.717, 1.165) is 5.06 Å². The maximum atomic E-state index is 10.3. The Morgan fingerprint density at radius 1 is 1.75 bits per heavy atom. The summed E-state index contributed by atoms with van der Waals surface area (Å²) in [5.74, 6) is 0.213. The number of hydroxylamine groups is 2. The number of hydrogen-bond acceptors (Lipinski definition) is 3. The van der Waals surface area contributed by atoms with Crippen molar-refractivity contribution in [1.29, 1.82) is 0 Å². The van der Waals surface area contributed by atoms with E-state index >= 15 is 0 Å². The molecule has 0 fully saturated rings. The van der Waals surface area contributed by atoms with Gasteiger partial charge in [0.25, 0.3) is 0 Å². The minimum atomic E-state index is -1.18. The molecule has 0 aromatic carbocycles. The van der Waals surface area contributed by atoms with E-state index in [0.29, 0.717) is 12.1 Å². The van der Waals surface area contributed by atoms with E-state index < -0.39 is 6.09 Å². The molecule has 0 atom stereocenters. The smallest absolute Gasteiger partial charge is 0.410 e. The number of allylic oxidation sites excluding steroid dienone is 2. The summed E-state index contributed by atoms with van der Waals surface area (Å²) >= 11 is 0. The molecule has 0 aliphatic carbocycles. The largest absolute Gasteiger partial charge is 0.465 e. The number of amides is 1. The molecule has 1 amide bonds. The summed E-state index contributed by atoms with van der Waals surface area (Å²) in [6.07, 6.45) is 2.30. The second-order valence-electron chi connectivity index (χ2n) is 2.45. The number of nitrogens with zero attached hydrogens (tertiary/aromatic N) is 1. The van der Waals surface area contributed by atoms with Crippen molar-refractivity contribution in [2.24, 2.45) is 0 Å². The molecule has 1 aliphatic rings. The Morgan fingerprint density at radius 3 is 2.92 bits per heavy atom. The highest BCUT2D eigenvalue weighted by Crippen LogP contribution is 2.11. The maximum absolute atomic E-state index is 10.3. The van der Waals surface area contributed by atoms with Crippen LogP contribution in [-0.4, -0.2) is 28.0 Å². The predicted molar refractivity (Wildman–Crippen MR) is 41.5 cm³/mol. The van der Waals surface area contributed by atoms with Gasteiger partial charge in [0.2, 0.25) is 0 Å². The SMILES string of the molecule is CC1=C(NC(=O)O)N(O)CC=C1. The van der Waals surface area contributed by atoms with Crippen LogP contribution in [0.5, 0.6) is 0 Å². The Balaban J connectivity index is 2.81. The fraction of sp³-hybridized carbons (Fsp3) is 0.286. The zero-order valence-corrected chi connectivity index (χ0v) is 6.61. The molecule has 0 unspecified atom stereocenters. The number of nitrogens with one attached hydrogen (secondary N) is 1. The molecule has 1 heterocycles. The highest BCUT2D eigenvalue weighted by molar-refractivity contribution is 5.67. The van der Waals surface area contributed by atoms with Crippen LogP contribution in [0.4, 0.5) is 4.79 Å². The molecule has 0 spiro atoms. The Kier molecular flexibility index (Phi) is 2.35. The molecule has 0 saturated carbocycles. The minimum absolute atomic E-state index is 0.213. The highest BCUT2D eigenvalue weighted by atomic mass is 16.5. The van der Waals surface area contributed by atoms with E-state index in [1.54, 1.807) is 19.1 Å². The van der Waals surface area contributed by atoms with Crippen LogP contribution in [-0.2, 0) is 0 Å². The number of carbonyl (C=O) groups is 1. The van der Waals surface area contributed by atoms with Gasteiger partial charge in [-0.15, -0.1) is 0 Å². The summed E-state index contributed by atoms with van der Waals surface area (Å²) in [6, 6.07) is 0. The van der Waals surface area contributed by atoms with Crippen molar-refractivity contribution in [2.75, 3.05) is 6.54 Å². The van der Waals surface area contributed by atoms with Gasteiger partial charge >= 0.3 is 6.09 Å². The van der Waals surface area contributed by atoms with Gasteiger partial charge in [0, 0.05) is 0 Å². The van der Waals surface area contributed by atoms with Crippen molar-refractivity contribution in [1.82, 2.24) is 10.4 Å². The fourth-order valence-corrected chi connectivity index (χ4v) is 0.968. The van der Waals surface area contributed by atoms with Gasteiger partial charge in [0.1, 0.15) is 5.82 Å². The number of carboxylic acid groups (broad SMARTS) is 1. The zero-order chi connectivity index (χ0) is 9.14. The standard InChI is InChI=1S/C7H10N2O3/c1-5-3-2-4-9(12)6(5)8-7(10)11/h2-3,8,12H,4H2,1H3,(H,10,11). The van der Waals surface area contributed by atoms with Gasteiger partial charge in [-0.1, -0.05) is 12.2 Å². The van der Waals surface area contributed by atoms with E-state index in [9.17, 15) is 10.0 Å². The molecule has 1 aliphatic heterocycles. The van der Waals surface area contributed by atoms with Gasteiger partial charge in [-0.3, -0.25) is 10.5 Å². The van der Waals surface area contributed by atoms with Gasteiger partial charge in [0.05, 0.1) is 6.54 Å². The lowest BCUT2D eigenvalue weighted by Gasteiger charge is -2.22. The molecule has 12 heavy (non-hydrogen) atoms. The fourth-order valence-electron chi connectivity index (χ4n) is 0.968. The monoisotopic (exact) mass is 170 g/mol. The van der Waals surface area contributed by atoms with E-state index in [1.165, 1.54) is 0 Å². The summed E-state index contributed by atoms with van der Waals surface area (Å²) < 4.78 is 0. The number of rotatable bonds is 1. The highest BCUT2D eigenvalue weighted by Gasteiger charge is 2.13. The van der Waals surface area contributed by atoms with Crippen molar-refractivity contribution in [3.63, 3.8) is 0 Å². The zero-order valence-electron chi connectivity index (χ0n) is 6.61. The van der Waals surface area contributed by atoms with Crippen molar-refractivity contribution >= 4 is 6.09 Å². The van der Waals surface area contributed by atoms with Crippen molar-refractivity contribution in [3.05, 3.63) is 23.5 Å². The molecule has 1 rings (SSSR count). The van der Waals surface area contributed by atoms with E-state index in [2.05, 4.69) is 5.32 Å². The molecular weight excluding hydrogens is 160 g/mol. The minimum Gasteiger partial charge on any atom is -0.465 e. The molecule has 0 aromatic rings. The van der Waals surface area contributed by atoms with Gasteiger partial charge in [0.15, 0.2) is 0 Å². The summed E-state index contributed by atoms with van der Waals surface area (Å²) in [5, 5.41) is 20.5. The Morgan fingerprint density at radius 2 is 2.42 bits per heavy atom. The third-order valence-electron chi connectivity index (χ3n) is 1.50. The topological polar surface area (TPSA) is 72.8 Å². The summed E-state index contributed by atoms with van der Waals surface area (Å²) in [4.78, 5) is 10.3. The quantitative estimate of drug-likeness (QED) is 0.542. The van der Waals surface area contributed by atoms with Crippen LogP contribution < -0.4 is 5.32 Å². The molecule has 0 aromatic heterocycles. The second-order valence-corrected chi connectivity index (χ2v) is 2.45. The molecule has 0 radical (unpaired) electrons. The van der Waals surface area contributed by atoms with Crippen LogP contribution in [0.1, 0.15) is 6.92 Å². The van der Waals surface area contributed by atoms with Gasteiger partial charge in [-0.2, -0.15) is 0 Å². The van der Waals surface area contributed by atoms with Crippen molar-refractivity contribution < 1.29 is 15.1 Å². The van der Waals surface area contributed by atoms with Gasteiger partial charge < -0.3 is 5.11 Å². The van der Waals surface area contributed by atoms with Crippen LogP contribution in [0.2, 0.25) is 0 Å². The van der Waals surface area contributed by atoms with Crippen LogP contribution in [0, 0.1) is 0 Å². The van der Waals surface area contributed by atoms with Crippen molar-refractivity contribution in [2.45, 2.75) is 6.92 Å². The predicted octanol–water partition coefficient (Wildman–Crippen LogP) is 0.747. The average Bonchev–Trinajstić information content (AvgIpc) is 1.97. The molecule has 5 heteroatoms. The molecule has 66 valence electrons. The maximum Gasteiger partial charge on any atom is 0.410 e. The van der Waals surface area contributed by atoms with E-state index in [1.807, 2.05) is 0 Å². The Hall–Kier alpha value is -1.49. The van der Waals surface area contributed by atoms with Gasteiger partial charge in [-0.25, -0.2) is 9.86 Å². The number of hydrogen-bond donors (Lipinski definition) is 3. The molecule has 0 bridgehead atoms. The van der Waals surface area contributed by atoms with Crippen molar-refractivity contribution in [3.8, 4) is 0 Å². The third kappa shape index (κ3) is 1.76. The molecular formula is C7H10N2O3. The van der Waals surface area contributed by atoms with E-state index in [4.69, 9.17) is 5.11 Å².